The molecule has 3 heteroatoms. The first-order valence-electron chi connectivity index (χ1n) is 3.09. The topological polar surface area (TPSA) is 44.3 Å². The highest BCUT2D eigenvalue weighted by Gasteiger charge is 2.00. The first kappa shape index (κ1) is 6.86. The van der Waals surface area contributed by atoms with E-state index in [1.165, 1.54) is 12.5 Å². The van der Waals surface area contributed by atoms with E-state index in [4.69, 9.17) is 4.42 Å². The maximum atomic E-state index is 10.7. The minimum Gasteiger partial charge on any atom is -0.470 e. The summed E-state index contributed by atoms with van der Waals surface area (Å²) in [5.41, 5.74) is 0.590. The number of carbonyl (C=O) groups is 1. The van der Waals surface area contributed by atoms with E-state index in [0.717, 1.165) is 0 Å². The average Bonchev–Trinajstić information content (AvgIpc) is 2.40. The molecule has 1 amide bonds. The van der Waals surface area contributed by atoms with E-state index in [2.05, 4.69) is 5.32 Å². The third-order valence-electron chi connectivity index (χ3n) is 1.06. The molecule has 1 radical (unpaired) electrons. The van der Waals surface area contributed by atoms with Crippen LogP contribution < -0.4 is 5.32 Å². The van der Waals surface area contributed by atoms with Gasteiger partial charge in [0, 0.05) is 12.5 Å². The lowest BCUT2D eigenvalue weighted by molar-refractivity contribution is -0.119. The lowest BCUT2D eigenvalue weighted by Gasteiger charge is -1.91. The SMILES string of the molecule is CCC(=O)[N]c1ccoc1. The number of hydrogen-bond acceptors (Lipinski definition) is 2. The van der Waals surface area contributed by atoms with Crippen LogP contribution in [0.15, 0.2) is 23.0 Å². The Morgan fingerprint density at radius 1 is 1.80 bits per heavy atom. The van der Waals surface area contributed by atoms with Crippen LogP contribution in [0.3, 0.4) is 0 Å². The summed E-state index contributed by atoms with van der Waals surface area (Å²) in [4.78, 5) is 10.7. The van der Waals surface area contributed by atoms with Crippen LogP contribution in [0.25, 0.3) is 0 Å². The van der Waals surface area contributed by atoms with Gasteiger partial charge in [-0.2, -0.15) is 0 Å². The van der Waals surface area contributed by atoms with E-state index >= 15 is 0 Å². The average molecular weight is 138 g/mol. The molecule has 0 fully saturated rings. The number of nitrogens with zero attached hydrogens (tertiary/aromatic N) is 1. The smallest absolute Gasteiger partial charge is 0.246 e. The van der Waals surface area contributed by atoms with Crippen molar-refractivity contribution in [1.29, 1.82) is 0 Å². The molecule has 1 heterocycles. The normalized spacial score (nSPS) is 9.30. The highest BCUT2D eigenvalue weighted by Crippen LogP contribution is 2.06. The zero-order chi connectivity index (χ0) is 7.40. The standard InChI is InChI=1S/C7H8NO2/c1-2-7(9)8-6-3-4-10-5-6/h3-5H,2H2,1H3. The van der Waals surface area contributed by atoms with Gasteiger partial charge in [-0.25, -0.2) is 5.32 Å². The van der Waals surface area contributed by atoms with Crippen molar-refractivity contribution in [2.24, 2.45) is 0 Å². The Labute approximate surface area is 59.0 Å². The van der Waals surface area contributed by atoms with Crippen LogP contribution >= 0.6 is 0 Å². The number of rotatable bonds is 2. The molecule has 0 bridgehead atoms. The summed E-state index contributed by atoms with van der Waals surface area (Å²) in [6.45, 7) is 1.77. The van der Waals surface area contributed by atoms with Gasteiger partial charge in [-0.3, -0.25) is 4.79 Å². The molecule has 1 rings (SSSR count). The van der Waals surface area contributed by atoms with Crippen molar-refractivity contribution in [2.45, 2.75) is 13.3 Å². The van der Waals surface area contributed by atoms with E-state index in [-0.39, 0.29) is 5.91 Å². The molecule has 0 aliphatic rings. The van der Waals surface area contributed by atoms with E-state index in [0.29, 0.717) is 12.1 Å². The largest absolute Gasteiger partial charge is 0.470 e. The maximum absolute atomic E-state index is 10.7. The minimum atomic E-state index is -0.124. The van der Waals surface area contributed by atoms with Gasteiger partial charge in [-0.1, -0.05) is 6.92 Å². The van der Waals surface area contributed by atoms with Crippen molar-refractivity contribution >= 4 is 11.6 Å². The van der Waals surface area contributed by atoms with Gasteiger partial charge in [-0.15, -0.1) is 0 Å². The van der Waals surface area contributed by atoms with E-state index in [9.17, 15) is 4.79 Å². The van der Waals surface area contributed by atoms with Gasteiger partial charge >= 0.3 is 0 Å². The third kappa shape index (κ3) is 1.62. The Morgan fingerprint density at radius 3 is 3.10 bits per heavy atom. The molecule has 0 saturated carbocycles. The molecule has 10 heavy (non-hydrogen) atoms. The number of furan rings is 1. The summed E-state index contributed by atoms with van der Waals surface area (Å²) in [5.74, 6) is -0.124. The monoisotopic (exact) mass is 138 g/mol. The second kappa shape index (κ2) is 3.06. The second-order valence-corrected chi connectivity index (χ2v) is 1.84. The molecule has 53 valence electrons. The highest BCUT2D eigenvalue weighted by atomic mass is 16.3. The number of carbonyl (C=O) groups excluding carboxylic acids is 1. The van der Waals surface area contributed by atoms with Crippen molar-refractivity contribution in [3.05, 3.63) is 18.6 Å². The van der Waals surface area contributed by atoms with Crippen LogP contribution in [0.1, 0.15) is 13.3 Å². The Morgan fingerprint density at radius 2 is 2.60 bits per heavy atom. The van der Waals surface area contributed by atoms with Gasteiger partial charge < -0.3 is 4.42 Å². The lowest BCUT2D eigenvalue weighted by Crippen LogP contribution is -2.06. The molecule has 0 aromatic carbocycles. The van der Waals surface area contributed by atoms with E-state index < -0.39 is 0 Å². The zero-order valence-corrected chi connectivity index (χ0v) is 5.70. The molecule has 0 atom stereocenters. The minimum absolute atomic E-state index is 0.124. The molecule has 3 nitrogen and oxygen atoms in total. The fourth-order valence-corrected chi connectivity index (χ4v) is 0.544. The molecule has 1 aromatic heterocycles. The second-order valence-electron chi connectivity index (χ2n) is 1.84. The first-order valence-corrected chi connectivity index (χ1v) is 3.09. The molecular formula is C7H8NO2. The van der Waals surface area contributed by atoms with Gasteiger partial charge in [0.15, 0.2) is 0 Å². The van der Waals surface area contributed by atoms with Crippen molar-refractivity contribution in [1.82, 2.24) is 5.32 Å². The quantitative estimate of drug-likeness (QED) is 0.620. The van der Waals surface area contributed by atoms with Crippen molar-refractivity contribution < 1.29 is 9.21 Å². The van der Waals surface area contributed by atoms with Crippen LogP contribution in [0.5, 0.6) is 0 Å². The zero-order valence-electron chi connectivity index (χ0n) is 5.70. The third-order valence-corrected chi connectivity index (χ3v) is 1.06. The number of amides is 1. The van der Waals surface area contributed by atoms with Crippen LogP contribution in [0.2, 0.25) is 0 Å². The first-order chi connectivity index (χ1) is 4.83. The summed E-state index contributed by atoms with van der Waals surface area (Å²) in [6.07, 6.45) is 3.36. The predicted octanol–water partition coefficient (Wildman–Crippen LogP) is 1.45. The molecule has 0 unspecified atom stereocenters. The van der Waals surface area contributed by atoms with Crippen LogP contribution in [-0.4, -0.2) is 5.91 Å². The van der Waals surface area contributed by atoms with Crippen LogP contribution in [0, 0.1) is 0 Å². The molecule has 1 aromatic rings. The summed E-state index contributed by atoms with van der Waals surface area (Å²) >= 11 is 0. The Kier molecular flexibility index (Phi) is 2.10. The van der Waals surface area contributed by atoms with Crippen LogP contribution in [-0.2, 0) is 4.79 Å². The van der Waals surface area contributed by atoms with Gasteiger partial charge in [0.05, 0.1) is 6.26 Å². The molecular weight excluding hydrogens is 130 g/mol. The van der Waals surface area contributed by atoms with Gasteiger partial charge in [0.1, 0.15) is 12.0 Å². The van der Waals surface area contributed by atoms with Gasteiger partial charge in [-0.05, 0) is 0 Å². The van der Waals surface area contributed by atoms with Gasteiger partial charge in [0.25, 0.3) is 0 Å². The summed E-state index contributed by atoms with van der Waals surface area (Å²) in [7, 11) is 0. The van der Waals surface area contributed by atoms with Crippen molar-refractivity contribution in [3.63, 3.8) is 0 Å². The Hall–Kier alpha value is -1.25. The Bertz CT molecular complexity index is 203. The fourth-order valence-electron chi connectivity index (χ4n) is 0.544. The summed E-state index contributed by atoms with van der Waals surface area (Å²) in [6, 6.07) is 1.65. The Balaban J connectivity index is 2.48. The molecule has 0 aliphatic heterocycles. The highest BCUT2D eigenvalue weighted by molar-refractivity contribution is 5.79. The van der Waals surface area contributed by atoms with Crippen molar-refractivity contribution in [3.8, 4) is 0 Å². The fraction of sp³-hybridized carbons (Fsp3) is 0.286. The molecule has 0 aliphatic carbocycles. The van der Waals surface area contributed by atoms with Crippen LogP contribution in [0.4, 0.5) is 5.69 Å². The van der Waals surface area contributed by atoms with Crippen molar-refractivity contribution in [2.75, 3.05) is 0 Å². The molecule has 0 N–H and O–H groups in total. The summed E-state index contributed by atoms with van der Waals surface area (Å²) < 4.78 is 4.71. The maximum Gasteiger partial charge on any atom is 0.246 e. The van der Waals surface area contributed by atoms with Gasteiger partial charge in [0.2, 0.25) is 5.91 Å². The summed E-state index contributed by atoms with van der Waals surface area (Å²) in [5, 5.41) is 3.70. The van der Waals surface area contributed by atoms with E-state index in [1.54, 1.807) is 13.0 Å². The van der Waals surface area contributed by atoms with E-state index in [1.807, 2.05) is 0 Å². The number of hydrogen-bond donors (Lipinski definition) is 0. The molecule has 0 saturated heterocycles. The predicted molar refractivity (Wildman–Crippen MR) is 35.8 cm³/mol. The lowest BCUT2D eigenvalue weighted by atomic mass is 10.4. The molecule has 0 spiro atoms.